The Morgan fingerprint density at radius 2 is 2.04 bits per heavy atom. The summed E-state index contributed by atoms with van der Waals surface area (Å²) in [6.45, 7) is 1.65. The number of nitro benzene ring substituents is 1. The molecule has 1 heterocycles. The number of ether oxygens (including phenoxy) is 1. The first kappa shape index (κ1) is 16.8. The number of methoxy groups -OCH3 is 1. The van der Waals surface area contributed by atoms with Crippen molar-refractivity contribution in [3.63, 3.8) is 0 Å². The van der Waals surface area contributed by atoms with E-state index >= 15 is 0 Å². The van der Waals surface area contributed by atoms with E-state index in [9.17, 15) is 18.5 Å². The summed E-state index contributed by atoms with van der Waals surface area (Å²) in [4.78, 5) is 14.1. The molecule has 1 aromatic carbocycles. The van der Waals surface area contributed by atoms with Crippen LogP contribution in [0.4, 0.5) is 5.69 Å². The van der Waals surface area contributed by atoms with E-state index in [-0.39, 0.29) is 16.3 Å². The van der Waals surface area contributed by atoms with Crippen molar-refractivity contribution in [2.45, 2.75) is 17.9 Å². The van der Waals surface area contributed by atoms with Gasteiger partial charge in [0.25, 0.3) is 5.69 Å². The van der Waals surface area contributed by atoms with Gasteiger partial charge in [-0.25, -0.2) is 13.1 Å². The molecule has 2 aromatic rings. The lowest BCUT2D eigenvalue weighted by Gasteiger charge is -2.15. The molecule has 0 saturated carbocycles. The van der Waals surface area contributed by atoms with E-state index in [4.69, 9.17) is 4.74 Å². The first-order chi connectivity index (χ1) is 10.8. The highest BCUT2D eigenvalue weighted by molar-refractivity contribution is 7.89. The quantitative estimate of drug-likeness (QED) is 0.638. The minimum absolute atomic E-state index is 0.0973. The highest BCUT2D eigenvalue weighted by Crippen LogP contribution is 2.29. The molecule has 0 radical (unpaired) electrons. The van der Waals surface area contributed by atoms with Crippen molar-refractivity contribution in [2.75, 3.05) is 7.11 Å². The second kappa shape index (κ2) is 6.71. The molecule has 1 N–H and O–H groups in total. The maximum absolute atomic E-state index is 12.5. The van der Waals surface area contributed by atoms with E-state index in [0.717, 1.165) is 18.2 Å². The fourth-order valence-electron chi connectivity index (χ4n) is 1.98. The fraction of sp³-hybridized carbons (Fsp3) is 0.214. The van der Waals surface area contributed by atoms with Crippen LogP contribution in [0.2, 0.25) is 0 Å². The first-order valence-electron chi connectivity index (χ1n) is 6.61. The largest absolute Gasteiger partial charge is 0.495 e. The summed E-state index contributed by atoms with van der Waals surface area (Å²) < 4.78 is 32.4. The van der Waals surface area contributed by atoms with Crippen LogP contribution in [0.15, 0.2) is 47.5 Å². The highest BCUT2D eigenvalue weighted by atomic mass is 32.2. The van der Waals surface area contributed by atoms with Crippen molar-refractivity contribution in [3.05, 3.63) is 58.4 Å². The lowest BCUT2D eigenvalue weighted by Crippen LogP contribution is -2.27. The molecule has 1 atom stereocenters. The number of hydrogen-bond donors (Lipinski definition) is 1. The summed E-state index contributed by atoms with van der Waals surface area (Å²) in [5.41, 5.74) is 0.301. The predicted molar refractivity (Wildman–Crippen MR) is 82.6 cm³/mol. The molecule has 0 aliphatic carbocycles. The second-order valence-electron chi connectivity index (χ2n) is 4.69. The topological polar surface area (TPSA) is 111 Å². The van der Waals surface area contributed by atoms with Crippen LogP contribution < -0.4 is 9.46 Å². The molecule has 0 spiro atoms. The maximum atomic E-state index is 12.5. The normalized spacial score (nSPS) is 12.6. The van der Waals surface area contributed by atoms with Gasteiger partial charge in [0.1, 0.15) is 10.6 Å². The van der Waals surface area contributed by atoms with Crippen LogP contribution in [0.5, 0.6) is 5.75 Å². The number of pyridine rings is 1. The van der Waals surface area contributed by atoms with Crippen molar-refractivity contribution in [1.29, 1.82) is 0 Å². The third kappa shape index (κ3) is 3.82. The van der Waals surface area contributed by atoms with Gasteiger partial charge in [0.05, 0.1) is 29.8 Å². The summed E-state index contributed by atoms with van der Waals surface area (Å²) >= 11 is 0. The molecule has 23 heavy (non-hydrogen) atoms. The van der Waals surface area contributed by atoms with Gasteiger partial charge in [0, 0.05) is 12.3 Å². The summed E-state index contributed by atoms with van der Waals surface area (Å²) in [5, 5.41) is 10.8. The third-order valence-electron chi connectivity index (χ3n) is 3.11. The molecule has 0 aliphatic heterocycles. The van der Waals surface area contributed by atoms with Gasteiger partial charge >= 0.3 is 0 Å². The van der Waals surface area contributed by atoms with Crippen molar-refractivity contribution >= 4 is 15.7 Å². The lowest BCUT2D eigenvalue weighted by atomic mass is 10.2. The van der Waals surface area contributed by atoms with Gasteiger partial charge in [-0.1, -0.05) is 6.07 Å². The van der Waals surface area contributed by atoms with Gasteiger partial charge in [-0.3, -0.25) is 15.1 Å². The lowest BCUT2D eigenvalue weighted by molar-refractivity contribution is -0.385. The Balaban J connectivity index is 2.34. The second-order valence-corrected chi connectivity index (χ2v) is 6.37. The van der Waals surface area contributed by atoms with Gasteiger partial charge in [-0.2, -0.15) is 0 Å². The van der Waals surface area contributed by atoms with Crippen molar-refractivity contribution in [3.8, 4) is 5.75 Å². The molecule has 8 nitrogen and oxygen atoms in total. The summed E-state index contributed by atoms with van der Waals surface area (Å²) in [6, 6.07) is 7.93. The van der Waals surface area contributed by atoms with Crippen molar-refractivity contribution in [1.82, 2.24) is 9.71 Å². The molecule has 122 valence electrons. The zero-order valence-electron chi connectivity index (χ0n) is 12.5. The molecule has 0 amide bonds. The van der Waals surface area contributed by atoms with Crippen LogP contribution in [-0.2, 0) is 10.0 Å². The number of nitro groups is 1. The van der Waals surface area contributed by atoms with Crippen LogP contribution in [-0.4, -0.2) is 25.4 Å². The van der Waals surface area contributed by atoms with Crippen LogP contribution in [0.25, 0.3) is 0 Å². The average Bonchev–Trinajstić information content (AvgIpc) is 2.54. The monoisotopic (exact) mass is 337 g/mol. The predicted octanol–water partition coefficient (Wildman–Crippen LogP) is 2.04. The SMILES string of the molecule is COc1cc([N+](=O)[O-])ccc1S(=O)(=O)NC(C)c1ccccn1. The number of benzene rings is 1. The van der Waals surface area contributed by atoms with Gasteiger partial charge in [0.2, 0.25) is 10.0 Å². The molecule has 1 aromatic heterocycles. The van der Waals surface area contributed by atoms with Crippen molar-refractivity contribution < 1.29 is 18.1 Å². The maximum Gasteiger partial charge on any atom is 0.273 e. The Morgan fingerprint density at radius 3 is 2.61 bits per heavy atom. The Kier molecular flexibility index (Phi) is 4.92. The van der Waals surface area contributed by atoms with Crippen molar-refractivity contribution in [2.24, 2.45) is 0 Å². The average molecular weight is 337 g/mol. The van der Waals surface area contributed by atoms with E-state index < -0.39 is 21.0 Å². The molecule has 9 heteroatoms. The highest BCUT2D eigenvalue weighted by Gasteiger charge is 2.24. The number of nitrogens with one attached hydrogen (secondary N) is 1. The standard InChI is InChI=1S/C14H15N3O5S/c1-10(12-5-3-4-8-15-12)16-23(20,21)14-7-6-11(17(18)19)9-13(14)22-2/h3-10,16H,1-2H3. The van der Waals surface area contributed by atoms with E-state index in [1.807, 2.05) is 0 Å². The smallest absolute Gasteiger partial charge is 0.273 e. The fourth-order valence-corrected chi connectivity index (χ4v) is 3.35. The molecular formula is C14H15N3O5S. The van der Waals surface area contributed by atoms with E-state index in [0.29, 0.717) is 5.69 Å². The number of non-ortho nitro benzene ring substituents is 1. The molecular weight excluding hydrogens is 322 g/mol. The Labute approximate surface area is 133 Å². The van der Waals surface area contributed by atoms with E-state index in [1.54, 1.807) is 31.3 Å². The van der Waals surface area contributed by atoms with Crippen LogP contribution in [0.1, 0.15) is 18.7 Å². The van der Waals surface area contributed by atoms with Crippen LogP contribution in [0, 0.1) is 10.1 Å². The van der Waals surface area contributed by atoms with Gasteiger partial charge in [-0.05, 0) is 25.1 Å². The number of rotatable bonds is 6. The minimum Gasteiger partial charge on any atom is -0.495 e. The van der Waals surface area contributed by atoms with Crippen LogP contribution >= 0.6 is 0 Å². The molecule has 0 aliphatic rings. The van der Waals surface area contributed by atoms with E-state index in [1.165, 1.54) is 7.11 Å². The molecule has 2 rings (SSSR count). The first-order valence-corrected chi connectivity index (χ1v) is 8.09. The van der Waals surface area contributed by atoms with E-state index in [2.05, 4.69) is 9.71 Å². The van der Waals surface area contributed by atoms with Gasteiger partial charge in [0.15, 0.2) is 0 Å². The molecule has 0 fully saturated rings. The van der Waals surface area contributed by atoms with Gasteiger partial charge in [-0.15, -0.1) is 0 Å². The number of nitrogens with zero attached hydrogens (tertiary/aromatic N) is 2. The zero-order valence-corrected chi connectivity index (χ0v) is 13.3. The number of sulfonamides is 1. The third-order valence-corrected chi connectivity index (χ3v) is 4.69. The number of hydrogen-bond acceptors (Lipinski definition) is 6. The Hall–Kier alpha value is -2.52. The molecule has 0 bridgehead atoms. The van der Waals surface area contributed by atoms with Gasteiger partial charge < -0.3 is 4.74 Å². The zero-order chi connectivity index (χ0) is 17.0. The minimum atomic E-state index is -3.93. The Morgan fingerprint density at radius 1 is 1.30 bits per heavy atom. The summed E-state index contributed by atoms with van der Waals surface area (Å²) in [5.74, 6) is -0.0973. The summed E-state index contributed by atoms with van der Waals surface area (Å²) in [7, 11) is -2.68. The summed E-state index contributed by atoms with van der Waals surface area (Å²) in [6.07, 6.45) is 1.56. The molecule has 1 unspecified atom stereocenters. The Bertz CT molecular complexity index is 808. The number of aromatic nitrogens is 1. The molecule has 0 saturated heterocycles. The van der Waals surface area contributed by atoms with Crippen LogP contribution in [0.3, 0.4) is 0 Å².